The van der Waals surface area contributed by atoms with Crippen LogP contribution in [0.15, 0.2) is 27.4 Å². The summed E-state index contributed by atoms with van der Waals surface area (Å²) in [6.45, 7) is 3.23. The fourth-order valence-electron chi connectivity index (χ4n) is 2.48. The van der Waals surface area contributed by atoms with Crippen LogP contribution in [0.3, 0.4) is 0 Å². The molecule has 0 aliphatic carbocycles. The van der Waals surface area contributed by atoms with Crippen molar-refractivity contribution < 1.29 is 14.6 Å². The Morgan fingerprint density at radius 2 is 1.82 bits per heavy atom. The average molecular weight is 326 g/mol. The molecule has 2 rings (SSSR count). The predicted molar refractivity (Wildman–Crippen MR) is 86.3 cm³/mol. The number of nitrogens with zero attached hydrogens (tertiary/aromatic N) is 1. The second-order valence-electron chi connectivity index (χ2n) is 5.11. The zero-order valence-electron chi connectivity index (χ0n) is 12.5. The van der Waals surface area contributed by atoms with E-state index in [-0.39, 0.29) is 13.2 Å². The summed E-state index contributed by atoms with van der Waals surface area (Å²) in [5.41, 5.74) is 1.80. The van der Waals surface area contributed by atoms with Crippen LogP contribution < -0.4 is 5.63 Å². The molecular weight excluding hydrogens is 306 g/mol. The lowest BCUT2D eigenvalue weighted by Crippen LogP contribution is -2.29. The number of benzene rings is 1. The fourth-order valence-corrected chi connectivity index (χ4v) is 2.78. The maximum Gasteiger partial charge on any atom is 0.336 e. The van der Waals surface area contributed by atoms with Gasteiger partial charge in [-0.05, 0) is 29.7 Å². The van der Waals surface area contributed by atoms with Gasteiger partial charge in [0, 0.05) is 36.1 Å². The van der Waals surface area contributed by atoms with Gasteiger partial charge in [0.05, 0.1) is 13.2 Å². The van der Waals surface area contributed by atoms with Crippen LogP contribution in [0.1, 0.15) is 18.1 Å². The van der Waals surface area contributed by atoms with Crippen molar-refractivity contribution in [3.05, 3.63) is 44.8 Å². The average Bonchev–Trinajstić information content (AvgIpc) is 2.48. The topological polar surface area (TPSA) is 73.9 Å². The molecule has 120 valence electrons. The molecule has 0 spiro atoms. The summed E-state index contributed by atoms with van der Waals surface area (Å²) in [5.74, 6) is 0. The van der Waals surface area contributed by atoms with E-state index in [1.807, 2.05) is 17.9 Å². The normalized spacial score (nSPS) is 11.5. The first-order chi connectivity index (χ1) is 10.6. The van der Waals surface area contributed by atoms with Crippen LogP contribution in [0.25, 0.3) is 11.0 Å². The smallest absolute Gasteiger partial charge is 0.336 e. The molecule has 0 aliphatic heterocycles. The third-order valence-electron chi connectivity index (χ3n) is 3.60. The van der Waals surface area contributed by atoms with E-state index < -0.39 is 5.63 Å². The predicted octanol–water partition coefficient (Wildman–Crippen LogP) is 1.80. The second-order valence-corrected chi connectivity index (χ2v) is 5.51. The van der Waals surface area contributed by atoms with Gasteiger partial charge in [-0.1, -0.05) is 18.5 Å². The molecule has 0 saturated heterocycles. The molecule has 1 aromatic carbocycles. The Kier molecular flexibility index (Phi) is 5.97. The summed E-state index contributed by atoms with van der Waals surface area (Å²) in [6, 6.07) is 5.04. The number of rotatable bonds is 7. The molecular formula is C16H20ClNO4. The minimum Gasteiger partial charge on any atom is -0.423 e. The highest BCUT2D eigenvalue weighted by Gasteiger charge is 2.12. The van der Waals surface area contributed by atoms with Gasteiger partial charge in [0.15, 0.2) is 0 Å². The molecule has 22 heavy (non-hydrogen) atoms. The van der Waals surface area contributed by atoms with Crippen LogP contribution in [0.4, 0.5) is 0 Å². The van der Waals surface area contributed by atoms with Gasteiger partial charge in [-0.2, -0.15) is 0 Å². The van der Waals surface area contributed by atoms with Gasteiger partial charge < -0.3 is 14.6 Å². The lowest BCUT2D eigenvalue weighted by Gasteiger charge is -2.20. The highest BCUT2D eigenvalue weighted by atomic mass is 35.5. The Labute approximate surface area is 133 Å². The van der Waals surface area contributed by atoms with E-state index in [9.17, 15) is 4.79 Å². The van der Waals surface area contributed by atoms with Crippen LogP contribution in [0.5, 0.6) is 0 Å². The molecule has 0 fully saturated rings. The summed E-state index contributed by atoms with van der Waals surface area (Å²) in [5, 5.41) is 19.6. The summed E-state index contributed by atoms with van der Waals surface area (Å²) < 4.78 is 5.27. The lowest BCUT2D eigenvalue weighted by atomic mass is 10.1. The highest BCUT2D eigenvalue weighted by molar-refractivity contribution is 6.32. The van der Waals surface area contributed by atoms with Gasteiger partial charge in [0.25, 0.3) is 0 Å². The van der Waals surface area contributed by atoms with Crippen LogP contribution in [0, 0.1) is 0 Å². The molecule has 0 radical (unpaired) electrons. The lowest BCUT2D eigenvalue weighted by molar-refractivity contribution is 0.156. The van der Waals surface area contributed by atoms with Crippen molar-refractivity contribution in [2.45, 2.75) is 19.9 Å². The third kappa shape index (κ3) is 3.87. The van der Waals surface area contributed by atoms with Crippen molar-refractivity contribution in [1.82, 2.24) is 4.90 Å². The Balaban J connectivity index is 2.48. The molecule has 0 amide bonds. The quantitative estimate of drug-likeness (QED) is 0.759. The van der Waals surface area contributed by atoms with Gasteiger partial charge in [-0.25, -0.2) is 4.79 Å². The van der Waals surface area contributed by atoms with E-state index in [1.54, 1.807) is 6.07 Å². The van der Waals surface area contributed by atoms with Crippen molar-refractivity contribution in [1.29, 1.82) is 0 Å². The van der Waals surface area contributed by atoms with Gasteiger partial charge in [0.2, 0.25) is 0 Å². The Bertz CT molecular complexity index is 692. The van der Waals surface area contributed by atoms with Gasteiger partial charge in [0.1, 0.15) is 5.58 Å². The molecule has 0 bridgehead atoms. The zero-order chi connectivity index (χ0) is 16.1. The Hall–Kier alpha value is -1.40. The van der Waals surface area contributed by atoms with Gasteiger partial charge in [-0.15, -0.1) is 0 Å². The Morgan fingerprint density at radius 1 is 1.14 bits per heavy atom. The van der Waals surface area contributed by atoms with E-state index in [2.05, 4.69) is 0 Å². The summed E-state index contributed by atoms with van der Waals surface area (Å²) in [4.78, 5) is 13.6. The molecule has 1 aromatic heterocycles. The number of halogens is 1. The second kappa shape index (κ2) is 7.74. The van der Waals surface area contributed by atoms with E-state index >= 15 is 0 Å². The van der Waals surface area contributed by atoms with Crippen molar-refractivity contribution in [3.8, 4) is 0 Å². The summed E-state index contributed by atoms with van der Waals surface area (Å²) >= 11 is 6.26. The zero-order valence-corrected chi connectivity index (χ0v) is 13.3. The molecule has 0 saturated carbocycles. The van der Waals surface area contributed by atoms with E-state index in [4.69, 9.17) is 26.2 Å². The monoisotopic (exact) mass is 325 g/mol. The minimum atomic E-state index is -0.417. The highest BCUT2D eigenvalue weighted by Crippen LogP contribution is 2.26. The molecule has 2 aromatic rings. The molecule has 1 heterocycles. The molecule has 6 heteroatoms. The minimum absolute atomic E-state index is 0.0138. The van der Waals surface area contributed by atoms with E-state index in [0.717, 1.165) is 22.9 Å². The summed E-state index contributed by atoms with van der Waals surface area (Å²) in [7, 11) is 0. The first-order valence-electron chi connectivity index (χ1n) is 7.28. The van der Waals surface area contributed by atoms with Crippen LogP contribution in [0.2, 0.25) is 5.02 Å². The maximum atomic E-state index is 11.8. The first-order valence-corrected chi connectivity index (χ1v) is 7.66. The largest absolute Gasteiger partial charge is 0.423 e. The van der Waals surface area contributed by atoms with Crippen LogP contribution >= 0.6 is 11.6 Å². The third-order valence-corrected chi connectivity index (χ3v) is 3.96. The molecule has 0 aliphatic rings. The number of fused-ring (bicyclic) bond motifs is 1. The molecule has 0 atom stereocenters. The number of hydrogen-bond donors (Lipinski definition) is 2. The SMILES string of the molecule is CCc1cc2oc(=O)cc(CN(CCO)CCO)c2cc1Cl. The van der Waals surface area contributed by atoms with E-state index in [1.165, 1.54) is 6.07 Å². The molecule has 2 N–H and O–H groups in total. The Morgan fingerprint density at radius 3 is 2.41 bits per heavy atom. The first kappa shape index (κ1) is 17.0. The van der Waals surface area contributed by atoms with Gasteiger partial charge in [-0.3, -0.25) is 4.90 Å². The number of aliphatic hydroxyl groups is 2. The standard InChI is InChI=1S/C16H20ClNO4/c1-2-11-7-15-13(9-14(11)17)12(8-16(21)22-15)10-18(3-5-19)4-6-20/h7-9,19-20H,2-6,10H2,1H3. The number of aliphatic hydroxyl groups excluding tert-OH is 2. The summed E-state index contributed by atoms with van der Waals surface area (Å²) in [6.07, 6.45) is 0.754. The fraction of sp³-hybridized carbons (Fsp3) is 0.438. The maximum absolute atomic E-state index is 11.8. The number of hydrogen-bond acceptors (Lipinski definition) is 5. The van der Waals surface area contributed by atoms with Crippen molar-refractivity contribution in [2.24, 2.45) is 0 Å². The van der Waals surface area contributed by atoms with Gasteiger partial charge >= 0.3 is 5.63 Å². The van der Waals surface area contributed by atoms with Crippen LogP contribution in [-0.2, 0) is 13.0 Å². The van der Waals surface area contributed by atoms with Crippen molar-refractivity contribution in [3.63, 3.8) is 0 Å². The molecule has 5 nitrogen and oxygen atoms in total. The van der Waals surface area contributed by atoms with E-state index in [0.29, 0.717) is 30.2 Å². The van der Waals surface area contributed by atoms with Crippen molar-refractivity contribution >= 4 is 22.6 Å². The number of aryl methyl sites for hydroxylation is 1. The molecule has 0 unspecified atom stereocenters. The van der Waals surface area contributed by atoms with Crippen molar-refractivity contribution in [2.75, 3.05) is 26.3 Å². The van der Waals surface area contributed by atoms with Crippen LogP contribution in [-0.4, -0.2) is 41.4 Å².